The van der Waals surface area contributed by atoms with E-state index in [1.165, 1.54) is 11.0 Å². The zero-order valence-corrected chi connectivity index (χ0v) is 17.2. The fourth-order valence-electron chi connectivity index (χ4n) is 2.64. The zero-order chi connectivity index (χ0) is 22.1. The van der Waals surface area contributed by atoms with Crippen molar-refractivity contribution in [2.75, 3.05) is 37.9 Å². The summed E-state index contributed by atoms with van der Waals surface area (Å²) in [5.41, 5.74) is 2.62. The van der Waals surface area contributed by atoms with Crippen LogP contribution in [0.1, 0.15) is 22.3 Å². The quantitative estimate of drug-likeness (QED) is 0.567. The van der Waals surface area contributed by atoms with Crippen molar-refractivity contribution in [2.24, 2.45) is 0 Å². The molecule has 2 aromatic carbocycles. The maximum atomic E-state index is 12.5. The molecule has 0 fully saturated rings. The van der Waals surface area contributed by atoms with Crippen LogP contribution in [0.25, 0.3) is 6.08 Å². The number of amides is 2. The van der Waals surface area contributed by atoms with Crippen molar-refractivity contribution in [2.45, 2.75) is 6.42 Å². The second-order valence-electron chi connectivity index (χ2n) is 6.82. The average molecular weight is 401 g/mol. The highest BCUT2D eigenvalue weighted by Gasteiger charge is 2.11. The Hall–Kier alpha value is -4.10. The van der Waals surface area contributed by atoms with Gasteiger partial charge in [0.25, 0.3) is 11.8 Å². The molecule has 0 aliphatic rings. The summed E-state index contributed by atoms with van der Waals surface area (Å²) in [5.74, 6) is -0.661. The molecule has 0 heterocycles. The SMILES string of the molecule is CN(C)C(=O)c1ccc(NC(=O)/C(C#N)=C/c2ccc(N(C)CCC#N)cc2)cc1. The van der Waals surface area contributed by atoms with Crippen molar-refractivity contribution in [3.8, 4) is 12.1 Å². The normalized spacial score (nSPS) is 10.5. The highest BCUT2D eigenvalue weighted by molar-refractivity contribution is 6.09. The summed E-state index contributed by atoms with van der Waals surface area (Å²) in [7, 11) is 5.23. The molecule has 0 radical (unpaired) electrons. The van der Waals surface area contributed by atoms with Crippen molar-refractivity contribution in [3.05, 3.63) is 65.2 Å². The molecule has 0 unspecified atom stereocenters. The van der Waals surface area contributed by atoms with Crippen molar-refractivity contribution in [1.29, 1.82) is 10.5 Å². The smallest absolute Gasteiger partial charge is 0.266 e. The Morgan fingerprint density at radius 2 is 1.63 bits per heavy atom. The lowest BCUT2D eigenvalue weighted by atomic mass is 10.1. The summed E-state index contributed by atoms with van der Waals surface area (Å²) in [4.78, 5) is 27.8. The summed E-state index contributed by atoms with van der Waals surface area (Å²) in [5, 5.41) is 20.7. The summed E-state index contributed by atoms with van der Waals surface area (Å²) < 4.78 is 0. The molecular formula is C23H23N5O2. The van der Waals surface area contributed by atoms with E-state index in [1.54, 1.807) is 38.4 Å². The summed E-state index contributed by atoms with van der Waals surface area (Å²) in [6.45, 7) is 0.621. The van der Waals surface area contributed by atoms with Crippen LogP contribution in [0.4, 0.5) is 11.4 Å². The molecule has 0 atom stereocenters. The minimum atomic E-state index is -0.528. The highest BCUT2D eigenvalue weighted by atomic mass is 16.2. The molecular weight excluding hydrogens is 378 g/mol. The maximum absolute atomic E-state index is 12.5. The van der Waals surface area contributed by atoms with Gasteiger partial charge in [0.15, 0.2) is 0 Å². The monoisotopic (exact) mass is 401 g/mol. The molecule has 1 N–H and O–H groups in total. The molecule has 0 saturated carbocycles. The van der Waals surface area contributed by atoms with Crippen LogP contribution in [-0.4, -0.2) is 44.4 Å². The molecule has 2 amide bonds. The molecule has 152 valence electrons. The van der Waals surface area contributed by atoms with Gasteiger partial charge in [-0.1, -0.05) is 12.1 Å². The molecule has 0 aromatic heterocycles. The third kappa shape index (κ3) is 5.95. The third-order valence-corrected chi connectivity index (χ3v) is 4.36. The van der Waals surface area contributed by atoms with Crippen LogP contribution in [-0.2, 0) is 4.79 Å². The topological polar surface area (TPSA) is 100 Å². The van der Waals surface area contributed by atoms with E-state index in [0.717, 1.165) is 5.69 Å². The Balaban J connectivity index is 2.09. The number of hydrogen-bond acceptors (Lipinski definition) is 5. The lowest BCUT2D eigenvalue weighted by Gasteiger charge is -2.17. The first kappa shape index (κ1) is 22.2. The molecule has 0 saturated heterocycles. The second-order valence-corrected chi connectivity index (χ2v) is 6.82. The first-order valence-electron chi connectivity index (χ1n) is 9.28. The molecule has 0 aliphatic carbocycles. The van der Waals surface area contributed by atoms with E-state index in [1.807, 2.05) is 42.3 Å². The molecule has 0 bridgehead atoms. The van der Waals surface area contributed by atoms with E-state index in [0.29, 0.717) is 29.8 Å². The number of hydrogen-bond donors (Lipinski definition) is 1. The minimum absolute atomic E-state index is 0.0333. The Bertz CT molecular complexity index is 1010. The van der Waals surface area contributed by atoms with E-state index in [-0.39, 0.29) is 11.5 Å². The van der Waals surface area contributed by atoms with Gasteiger partial charge in [-0.05, 0) is 48.0 Å². The Labute approximate surface area is 176 Å². The highest BCUT2D eigenvalue weighted by Crippen LogP contribution is 2.17. The number of nitrogens with one attached hydrogen (secondary N) is 1. The fourth-order valence-corrected chi connectivity index (χ4v) is 2.64. The first-order chi connectivity index (χ1) is 14.3. The third-order valence-electron chi connectivity index (χ3n) is 4.36. The van der Waals surface area contributed by atoms with Crippen LogP contribution >= 0.6 is 0 Å². The van der Waals surface area contributed by atoms with E-state index in [9.17, 15) is 14.9 Å². The first-order valence-corrected chi connectivity index (χ1v) is 9.28. The van der Waals surface area contributed by atoms with E-state index in [2.05, 4.69) is 11.4 Å². The molecule has 2 rings (SSSR count). The van der Waals surface area contributed by atoms with Gasteiger partial charge in [-0.25, -0.2) is 0 Å². The van der Waals surface area contributed by atoms with Gasteiger partial charge in [0.2, 0.25) is 0 Å². The van der Waals surface area contributed by atoms with Crippen LogP contribution in [0, 0.1) is 22.7 Å². The van der Waals surface area contributed by atoms with Crippen LogP contribution in [0.2, 0.25) is 0 Å². The molecule has 30 heavy (non-hydrogen) atoms. The largest absolute Gasteiger partial charge is 0.374 e. The average Bonchev–Trinajstić information content (AvgIpc) is 2.76. The van der Waals surface area contributed by atoms with E-state index in [4.69, 9.17) is 5.26 Å². The Kier molecular flexibility index (Phi) is 7.73. The van der Waals surface area contributed by atoms with Gasteiger partial charge in [0, 0.05) is 44.6 Å². The van der Waals surface area contributed by atoms with Crippen molar-refractivity contribution in [3.63, 3.8) is 0 Å². The van der Waals surface area contributed by atoms with E-state index < -0.39 is 5.91 Å². The lowest BCUT2D eigenvalue weighted by Crippen LogP contribution is -2.21. The minimum Gasteiger partial charge on any atom is -0.374 e. The lowest BCUT2D eigenvalue weighted by molar-refractivity contribution is -0.112. The van der Waals surface area contributed by atoms with Gasteiger partial charge in [0.1, 0.15) is 11.6 Å². The molecule has 7 heteroatoms. The number of nitriles is 2. The van der Waals surface area contributed by atoms with Gasteiger partial charge in [-0.3, -0.25) is 9.59 Å². The number of anilines is 2. The van der Waals surface area contributed by atoms with Crippen molar-refractivity contribution < 1.29 is 9.59 Å². The molecule has 0 aliphatic heterocycles. The molecule has 2 aromatic rings. The number of benzene rings is 2. The van der Waals surface area contributed by atoms with Gasteiger partial charge in [-0.15, -0.1) is 0 Å². The second kappa shape index (κ2) is 10.4. The van der Waals surface area contributed by atoms with Gasteiger partial charge in [0.05, 0.1) is 12.5 Å². The Morgan fingerprint density at radius 1 is 1.00 bits per heavy atom. The summed E-state index contributed by atoms with van der Waals surface area (Å²) >= 11 is 0. The van der Waals surface area contributed by atoms with Gasteiger partial charge in [-0.2, -0.15) is 10.5 Å². The maximum Gasteiger partial charge on any atom is 0.266 e. The van der Waals surface area contributed by atoms with Crippen LogP contribution in [0.5, 0.6) is 0 Å². The van der Waals surface area contributed by atoms with Gasteiger partial charge < -0.3 is 15.1 Å². The van der Waals surface area contributed by atoms with Crippen LogP contribution in [0.3, 0.4) is 0 Å². The zero-order valence-electron chi connectivity index (χ0n) is 17.2. The summed E-state index contributed by atoms with van der Waals surface area (Å²) in [6.07, 6.45) is 1.94. The molecule has 0 spiro atoms. The standard InChI is InChI=1S/C23H23N5O2/c1-27(2)23(30)18-7-9-20(10-8-18)26-22(29)19(16-25)15-17-5-11-21(12-6-17)28(3)14-4-13-24/h5-12,15H,4,14H2,1-3H3,(H,26,29)/b19-15+. The van der Waals surface area contributed by atoms with Crippen LogP contribution in [0.15, 0.2) is 54.1 Å². The van der Waals surface area contributed by atoms with Crippen LogP contribution < -0.4 is 10.2 Å². The summed E-state index contributed by atoms with van der Waals surface area (Å²) in [6, 6.07) is 17.9. The fraction of sp³-hybridized carbons (Fsp3) is 0.217. The van der Waals surface area contributed by atoms with Crippen molar-refractivity contribution >= 4 is 29.3 Å². The predicted octanol–water partition coefficient (Wildman–Crippen LogP) is 3.28. The molecule has 7 nitrogen and oxygen atoms in total. The predicted molar refractivity (Wildman–Crippen MR) is 117 cm³/mol. The van der Waals surface area contributed by atoms with Gasteiger partial charge >= 0.3 is 0 Å². The Morgan fingerprint density at radius 3 is 2.17 bits per heavy atom. The number of carbonyl (C=O) groups is 2. The van der Waals surface area contributed by atoms with E-state index >= 15 is 0 Å². The van der Waals surface area contributed by atoms with Crippen molar-refractivity contribution in [1.82, 2.24) is 4.90 Å². The number of rotatable bonds is 7. The number of carbonyl (C=O) groups excluding carboxylic acids is 2. The number of nitrogens with zero attached hydrogens (tertiary/aromatic N) is 4.